The second-order valence-electron chi connectivity index (χ2n) is 2.98. The summed E-state index contributed by atoms with van der Waals surface area (Å²) < 4.78 is 15.4. The molecule has 0 saturated heterocycles. The average molecular weight is 224 g/mol. The van der Waals surface area contributed by atoms with Gasteiger partial charge in [0, 0.05) is 7.11 Å². The molecule has 13 heavy (non-hydrogen) atoms. The Bertz CT molecular complexity index is 122. The summed E-state index contributed by atoms with van der Waals surface area (Å²) in [6.45, 7) is 4.58. The van der Waals surface area contributed by atoms with Crippen LogP contribution in [0.5, 0.6) is 0 Å². The largest absolute Gasteiger partial charge is 0.382 e. The molecule has 0 radical (unpaired) electrons. The van der Waals surface area contributed by atoms with Gasteiger partial charge in [0.1, 0.15) is 0 Å². The quantitative estimate of drug-likeness (QED) is 0.273. The van der Waals surface area contributed by atoms with Crippen LogP contribution in [0.25, 0.3) is 0 Å². The monoisotopic (exact) mass is 224 g/mol. The van der Waals surface area contributed by atoms with E-state index in [2.05, 4.69) is 19.6 Å². The van der Waals surface area contributed by atoms with Gasteiger partial charge < -0.3 is 14.2 Å². The Balaban J connectivity index is 3.16. The molecule has 3 nitrogen and oxygen atoms in total. The lowest BCUT2D eigenvalue weighted by Crippen LogP contribution is -2.27. The highest BCUT2D eigenvalue weighted by Crippen LogP contribution is 2.14. The molecule has 1 atom stereocenters. The molecule has 1 unspecified atom stereocenters. The summed E-state index contributed by atoms with van der Waals surface area (Å²) in [6, 6.07) is 0. The van der Waals surface area contributed by atoms with Crippen LogP contribution in [0.15, 0.2) is 0 Å². The number of hydrogen-bond acceptors (Lipinski definition) is 4. The van der Waals surface area contributed by atoms with E-state index >= 15 is 0 Å². The lowest BCUT2D eigenvalue weighted by Gasteiger charge is -2.22. The number of thiol groups is 1. The van der Waals surface area contributed by atoms with E-state index in [1.165, 1.54) is 0 Å². The van der Waals surface area contributed by atoms with Gasteiger partial charge in [-0.1, -0.05) is 6.92 Å². The van der Waals surface area contributed by atoms with Gasteiger partial charge >= 0.3 is 0 Å². The molecule has 0 amide bonds. The summed E-state index contributed by atoms with van der Waals surface area (Å²) in [4.78, 5) is 0. The second-order valence-corrected chi connectivity index (χ2v) is 6.39. The SMILES string of the molecule is CCC([SiH3])(S)OCCOCCOC. The minimum atomic E-state index is -0.190. The van der Waals surface area contributed by atoms with Crippen LogP contribution in [-0.4, -0.2) is 48.3 Å². The normalized spacial score (nSPS) is 15.9. The molecule has 0 aromatic heterocycles. The van der Waals surface area contributed by atoms with Gasteiger partial charge in [0.15, 0.2) is 0 Å². The third-order valence-corrected chi connectivity index (χ3v) is 3.17. The van der Waals surface area contributed by atoms with Crippen molar-refractivity contribution in [2.45, 2.75) is 17.9 Å². The Morgan fingerprint density at radius 1 is 1.23 bits per heavy atom. The molecule has 0 heterocycles. The topological polar surface area (TPSA) is 27.7 Å². The minimum Gasteiger partial charge on any atom is -0.382 e. The van der Waals surface area contributed by atoms with Crippen molar-refractivity contribution in [3.05, 3.63) is 0 Å². The average Bonchev–Trinajstić information content (AvgIpc) is 2.11. The van der Waals surface area contributed by atoms with Crippen molar-refractivity contribution in [2.75, 3.05) is 33.5 Å². The molecule has 0 aliphatic carbocycles. The highest BCUT2D eigenvalue weighted by atomic mass is 32.1. The fourth-order valence-electron chi connectivity index (χ4n) is 0.667. The number of ether oxygens (including phenoxy) is 3. The van der Waals surface area contributed by atoms with Crippen molar-refractivity contribution in [2.24, 2.45) is 0 Å². The summed E-state index contributed by atoms with van der Waals surface area (Å²) in [7, 11) is 2.59. The van der Waals surface area contributed by atoms with Crippen LogP contribution in [0, 0.1) is 0 Å². The number of rotatable bonds is 8. The molecule has 80 valence electrons. The first-order chi connectivity index (χ1) is 6.12. The van der Waals surface area contributed by atoms with Crippen LogP contribution >= 0.6 is 12.6 Å². The standard InChI is InChI=1S/C8H20O3SSi/c1-3-8(12,13)11-7-6-10-5-4-9-2/h12H,3-7H2,1-2,13H3. The van der Waals surface area contributed by atoms with Gasteiger partial charge in [-0.15, -0.1) is 12.6 Å². The lowest BCUT2D eigenvalue weighted by atomic mass is 10.5. The zero-order valence-corrected chi connectivity index (χ0v) is 11.6. The maximum atomic E-state index is 5.52. The Morgan fingerprint density at radius 2 is 1.85 bits per heavy atom. The molecular formula is C8H20O3SSi. The second kappa shape index (κ2) is 7.81. The first-order valence-electron chi connectivity index (χ1n) is 4.55. The Kier molecular flexibility index (Phi) is 8.08. The van der Waals surface area contributed by atoms with E-state index in [1.54, 1.807) is 7.11 Å². The zero-order valence-electron chi connectivity index (χ0n) is 8.71. The molecular weight excluding hydrogens is 204 g/mol. The molecule has 0 aliphatic rings. The van der Waals surface area contributed by atoms with Crippen LogP contribution in [-0.2, 0) is 14.2 Å². The highest BCUT2D eigenvalue weighted by molar-refractivity contribution is 7.83. The Morgan fingerprint density at radius 3 is 2.38 bits per heavy atom. The van der Waals surface area contributed by atoms with Crippen molar-refractivity contribution >= 4 is 22.9 Å². The molecule has 0 fully saturated rings. The van der Waals surface area contributed by atoms with Crippen molar-refractivity contribution < 1.29 is 14.2 Å². The van der Waals surface area contributed by atoms with E-state index in [1.807, 2.05) is 0 Å². The minimum absolute atomic E-state index is 0.190. The summed E-state index contributed by atoms with van der Waals surface area (Å²) >= 11 is 4.39. The smallest absolute Gasteiger partial charge is 0.0881 e. The van der Waals surface area contributed by atoms with Crippen LogP contribution in [0.2, 0.25) is 0 Å². The molecule has 0 aromatic rings. The molecule has 0 aliphatic heterocycles. The van der Waals surface area contributed by atoms with Gasteiger partial charge in [-0.2, -0.15) is 0 Å². The first kappa shape index (κ1) is 13.4. The van der Waals surface area contributed by atoms with Gasteiger partial charge in [0.2, 0.25) is 0 Å². The third kappa shape index (κ3) is 8.77. The Hall–Kier alpha value is 0.447. The van der Waals surface area contributed by atoms with E-state index in [0.717, 1.165) is 16.7 Å². The fraction of sp³-hybridized carbons (Fsp3) is 1.00. The lowest BCUT2D eigenvalue weighted by molar-refractivity contribution is 0.00653. The van der Waals surface area contributed by atoms with Crippen molar-refractivity contribution in [1.82, 2.24) is 0 Å². The fourth-order valence-corrected chi connectivity index (χ4v) is 0.962. The van der Waals surface area contributed by atoms with E-state index in [-0.39, 0.29) is 4.56 Å². The maximum Gasteiger partial charge on any atom is 0.0881 e. The summed E-state index contributed by atoms with van der Waals surface area (Å²) in [6.07, 6.45) is 0.945. The van der Waals surface area contributed by atoms with Crippen molar-refractivity contribution in [3.8, 4) is 0 Å². The molecule has 5 heteroatoms. The molecule has 0 N–H and O–H groups in total. The van der Waals surface area contributed by atoms with Crippen LogP contribution in [0.1, 0.15) is 13.3 Å². The summed E-state index contributed by atoms with van der Waals surface area (Å²) in [5.74, 6) is 0. The van der Waals surface area contributed by atoms with Gasteiger partial charge in [-0.25, -0.2) is 0 Å². The van der Waals surface area contributed by atoms with Gasteiger partial charge in [-0.05, 0) is 6.42 Å². The van der Waals surface area contributed by atoms with Gasteiger partial charge in [-0.3, -0.25) is 0 Å². The molecule has 0 saturated carbocycles. The number of methoxy groups -OCH3 is 1. The predicted molar refractivity (Wildman–Crippen MR) is 60.6 cm³/mol. The van der Waals surface area contributed by atoms with Crippen LogP contribution in [0.4, 0.5) is 0 Å². The Labute approximate surface area is 89.0 Å². The van der Waals surface area contributed by atoms with Crippen molar-refractivity contribution in [3.63, 3.8) is 0 Å². The molecule has 0 spiro atoms. The zero-order chi connectivity index (χ0) is 10.2. The van der Waals surface area contributed by atoms with Crippen molar-refractivity contribution in [1.29, 1.82) is 0 Å². The first-order valence-corrected chi connectivity index (χ1v) is 6.00. The highest BCUT2D eigenvalue weighted by Gasteiger charge is 2.15. The van der Waals surface area contributed by atoms with Gasteiger partial charge in [0.05, 0.1) is 41.2 Å². The maximum absolute atomic E-state index is 5.52. The summed E-state index contributed by atoms with van der Waals surface area (Å²) in [5.41, 5.74) is 0. The molecule has 0 bridgehead atoms. The third-order valence-electron chi connectivity index (χ3n) is 1.73. The van der Waals surface area contributed by atoms with E-state index < -0.39 is 0 Å². The predicted octanol–water partition coefficient (Wildman–Crippen LogP) is 0.0250. The molecule has 0 rings (SSSR count). The number of hydrogen-bond donors (Lipinski definition) is 1. The van der Waals surface area contributed by atoms with E-state index in [9.17, 15) is 0 Å². The molecule has 0 aromatic carbocycles. The van der Waals surface area contributed by atoms with Gasteiger partial charge in [0.25, 0.3) is 0 Å². The van der Waals surface area contributed by atoms with E-state index in [0.29, 0.717) is 26.4 Å². The summed E-state index contributed by atoms with van der Waals surface area (Å²) in [5, 5.41) is 0. The van der Waals surface area contributed by atoms with E-state index in [4.69, 9.17) is 14.2 Å². The van der Waals surface area contributed by atoms with Crippen LogP contribution in [0.3, 0.4) is 0 Å². The van der Waals surface area contributed by atoms with Crippen LogP contribution < -0.4 is 0 Å².